The van der Waals surface area contributed by atoms with Gasteiger partial charge in [-0.1, -0.05) is 30.3 Å². The fourth-order valence-corrected chi connectivity index (χ4v) is 2.22. The number of aliphatic hydroxyl groups is 1. The molecule has 1 unspecified atom stereocenters. The standard InChI is InChI=1S/C19H17NO4/c21-16(18-11-6-12-23-18)13-20-19(22)15-9-4-5-10-17(15)24-14-7-2-1-3-8-14/h1-12,16,21H,13H2,(H,20,22). The van der Waals surface area contributed by atoms with Crippen molar-refractivity contribution >= 4 is 5.91 Å². The molecule has 2 aromatic carbocycles. The van der Waals surface area contributed by atoms with Crippen LogP contribution in [0.3, 0.4) is 0 Å². The Labute approximate surface area is 139 Å². The van der Waals surface area contributed by atoms with Crippen molar-refractivity contribution in [3.63, 3.8) is 0 Å². The molecule has 1 amide bonds. The van der Waals surface area contributed by atoms with E-state index in [1.807, 2.05) is 30.3 Å². The lowest BCUT2D eigenvalue weighted by Gasteiger charge is -2.13. The van der Waals surface area contributed by atoms with Crippen LogP contribution in [0.1, 0.15) is 22.2 Å². The van der Waals surface area contributed by atoms with Gasteiger partial charge in [-0.3, -0.25) is 4.79 Å². The zero-order valence-electron chi connectivity index (χ0n) is 12.9. The van der Waals surface area contributed by atoms with Crippen LogP contribution in [-0.2, 0) is 0 Å². The molecule has 0 spiro atoms. The fraction of sp³-hybridized carbons (Fsp3) is 0.105. The first kappa shape index (κ1) is 15.8. The van der Waals surface area contributed by atoms with Crippen molar-refractivity contribution in [3.05, 3.63) is 84.3 Å². The predicted octanol–water partition coefficient (Wildman–Crippen LogP) is 3.54. The highest BCUT2D eigenvalue weighted by Gasteiger charge is 2.16. The maximum Gasteiger partial charge on any atom is 0.255 e. The summed E-state index contributed by atoms with van der Waals surface area (Å²) in [5, 5.41) is 12.7. The van der Waals surface area contributed by atoms with Crippen molar-refractivity contribution in [1.29, 1.82) is 0 Å². The summed E-state index contributed by atoms with van der Waals surface area (Å²) in [6.07, 6.45) is 0.578. The van der Waals surface area contributed by atoms with Crippen LogP contribution in [0.5, 0.6) is 11.5 Å². The Kier molecular flexibility index (Phi) is 4.93. The van der Waals surface area contributed by atoms with Crippen molar-refractivity contribution in [2.75, 3.05) is 6.54 Å². The molecule has 5 nitrogen and oxygen atoms in total. The zero-order chi connectivity index (χ0) is 16.8. The largest absolute Gasteiger partial charge is 0.467 e. The summed E-state index contributed by atoms with van der Waals surface area (Å²) in [7, 11) is 0. The summed E-state index contributed by atoms with van der Waals surface area (Å²) in [6.45, 7) is 0.0476. The monoisotopic (exact) mass is 323 g/mol. The van der Waals surface area contributed by atoms with Gasteiger partial charge in [-0.15, -0.1) is 0 Å². The van der Waals surface area contributed by atoms with E-state index >= 15 is 0 Å². The Morgan fingerprint density at radius 2 is 1.79 bits per heavy atom. The van der Waals surface area contributed by atoms with Gasteiger partial charge in [0.05, 0.1) is 18.4 Å². The molecule has 0 aliphatic heterocycles. The van der Waals surface area contributed by atoms with Gasteiger partial charge >= 0.3 is 0 Å². The fourth-order valence-electron chi connectivity index (χ4n) is 2.22. The first-order valence-corrected chi connectivity index (χ1v) is 7.55. The molecule has 0 saturated heterocycles. The normalized spacial score (nSPS) is 11.7. The lowest BCUT2D eigenvalue weighted by Crippen LogP contribution is -2.28. The van der Waals surface area contributed by atoms with E-state index in [9.17, 15) is 9.90 Å². The van der Waals surface area contributed by atoms with Gasteiger partial charge in [0.15, 0.2) is 0 Å². The van der Waals surface area contributed by atoms with Gasteiger partial charge in [-0.2, -0.15) is 0 Å². The lowest BCUT2D eigenvalue weighted by molar-refractivity contribution is 0.0899. The molecular weight excluding hydrogens is 306 g/mol. The number of para-hydroxylation sites is 2. The molecule has 0 saturated carbocycles. The van der Waals surface area contributed by atoms with Crippen molar-refractivity contribution in [2.24, 2.45) is 0 Å². The number of hydrogen-bond donors (Lipinski definition) is 2. The number of hydrogen-bond acceptors (Lipinski definition) is 4. The van der Waals surface area contributed by atoms with Crippen molar-refractivity contribution < 1.29 is 19.1 Å². The Balaban J connectivity index is 1.68. The van der Waals surface area contributed by atoms with Crippen LogP contribution < -0.4 is 10.1 Å². The third kappa shape index (κ3) is 3.83. The second kappa shape index (κ2) is 7.48. The van der Waals surface area contributed by atoms with E-state index in [0.29, 0.717) is 22.8 Å². The topological polar surface area (TPSA) is 71.7 Å². The molecular formula is C19H17NO4. The van der Waals surface area contributed by atoms with E-state index < -0.39 is 6.10 Å². The van der Waals surface area contributed by atoms with E-state index in [1.54, 1.807) is 36.4 Å². The molecule has 2 N–H and O–H groups in total. The molecule has 1 heterocycles. The smallest absolute Gasteiger partial charge is 0.255 e. The van der Waals surface area contributed by atoms with Crippen LogP contribution in [0.2, 0.25) is 0 Å². The second-order valence-corrected chi connectivity index (χ2v) is 5.15. The van der Waals surface area contributed by atoms with E-state index in [4.69, 9.17) is 9.15 Å². The first-order chi connectivity index (χ1) is 11.7. The average Bonchev–Trinajstić information content (AvgIpc) is 3.15. The van der Waals surface area contributed by atoms with Crippen LogP contribution in [0, 0.1) is 0 Å². The van der Waals surface area contributed by atoms with Crippen LogP contribution >= 0.6 is 0 Å². The summed E-state index contributed by atoms with van der Waals surface area (Å²) < 4.78 is 10.9. The number of carbonyl (C=O) groups is 1. The number of furan rings is 1. The molecule has 3 rings (SSSR count). The maximum absolute atomic E-state index is 12.4. The quantitative estimate of drug-likeness (QED) is 0.728. The van der Waals surface area contributed by atoms with Gasteiger partial charge in [0.1, 0.15) is 23.4 Å². The van der Waals surface area contributed by atoms with Gasteiger partial charge in [-0.05, 0) is 36.4 Å². The van der Waals surface area contributed by atoms with Gasteiger partial charge in [0.2, 0.25) is 0 Å². The van der Waals surface area contributed by atoms with Gasteiger partial charge < -0.3 is 19.6 Å². The van der Waals surface area contributed by atoms with Crippen LogP contribution in [-0.4, -0.2) is 17.6 Å². The summed E-state index contributed by atoms with van der Waals surface area (Å²) in [5.41, 5.74) is 0.396. The third-order valence-electron chi connectivity index (χ3n) is 3.43. The van der Waals surface area contributed by atoms with Gasteiger partial charge in [0, 0.05) is 0 Å². The molecule has 122 valence electrons. The minimum Gasteiger partial charge on any atom is -0.467 e. The number of ether oxygens (including phenoxy) is 1. The number of amides is 1. The molecule has 1 aromatic heterocycles. The average molecular weight is 323 g/mol. The summed E-state index contributed by atoms with van der Waals surface area (Å²) in [4.78, 5) is 12.4. The minimum absolute atomic E-state index is 0.0476. The Bertz CT molecular complexity index is 784. The molecule has 0 fully saturated rings. The first-order valence-electron chi connectivity index (χ1n) is 7.55. The van der Waals surface area contributed by atoms with E-state index in [0.717, 1.165) is 0 Å². The SMILES string of the molecule is O=C(NCC(O)c1ccco1)c1ccccc1Oc1ccccc1. The van der Waals surface area contributed by atoms with Crippen molar-refractivity contribution in [1.82, 2.24) is 5.32 Å². The molecule has 1 atom stereocenters. The number of nitrogens with one attached hydrogen (secondary N) is 1. The maximum atomic E-state index is 12.4. The molecule has 0 aliphatic carbocycles. The predicted molar refractivity (Wildman–Crippen MR) is 89.0 cm³/mol. The van der Waals surface area contributed by atoms with E-state index in [2.05, 4.69) is 5.32 Å². The van der Waals surface area contributed by atoms with Gasteiger partial charge in [0.25, 0.3) is 5.91 Å². The Morgan fingerprint density at radius 1 is 1.04 bits per heavy atom. The summed E-state index contributed by atoms with van der Waals surface area (Å²) in [5.74, 6) is 1.18. The molecule has 0 radical (unpaired) electrons. The number of benzene rings is 2. The third-order valence-corrected chi connectivity index (χ3v) is 3.43. The molecule has 24 heavy (non-hydrogen) atoms. The molecule has 0 bridgehead atoms. The Morgan fingerprint density at radius 3 is 2.54 bits per heavy atom. The summed E-state index contributed by atoms with van der Waals surface area (Å²) in [6, 6.07) is 19.5. The number of rotatable bonds is 6. The van der Waals surface area contributed by atoms with Crippen molar-refractivity contribution in [3.8, 4) is 11.5 Å². The van der Waals surface area contributed by atoms with E-state index in [1.165, 1.54) is 6.26 Å². The highest BCUT2D eigenvalue weighted by Crippen LogP contribution is 2.25. The highest BCUT2D eigenvalue weighted by atomic mass is 16.5. The number of aliphatic hydroxyl groups excluding tert-OH is 1. The highest BCUT2D eigenvalue weighted by molar-refractivity contribution is 5.97. The zero-order valence-corrected chi connectivity index (χ0v) is 12.9. The molecule has 5 heteroatoms. The molecule has 3 aromatic rings. The molecule has 0 aliphatic rings. The number of carbonyl (C=O) groups excluding carboxylic acids is 1. The van der Waals surface area contributed by atoms with Gasteiger partial charge in [-0.25, -0.2) is 0 Å². The van der Waals surface area contributed by atoms with Crippen LogP contribution in [0.4, 0.5) is 0 Å². The second-order valence-electron chi connectivity index (χ2n) is 5.15. The summed E-state index contributed by atoms with van der Waals surface area (Å²) >= 11 is 0. The minimum atomic E-state index is -0.897. The lowest BCUT2D eigenvalue weighted by atomic mass is 10.1. The van der Waals surface area contributed by atoms with E-state index in [-0.39, 0.29) is 12.5 Å². The Hall–Kier alpha value is -3.05. The van der Waals surface area contributed by atoms with Crippen molar-refractivity contribution in [2.45, 2.75) is 6.10 Å². The van der Waals surface area contributed by atoms with Crippen LogP contribution in [0.25, 0.3) is 0 Å². The van der Waals surface area contributed by atoms with Crippen LogP contribution in [0.15, 0.2) is 77.4 Å².